The van der Waals surface area contributed by atoms with Crippen molar-refractivity contribution in [2.75, 3.05) is 16.8 Å². The highest BCUT2D eigenvalue weighted by Crippen LogP contribution is 2.19. The Morgan fingerprint density at radius 1 is 1.33 bits per heavy atom. The molecule has 1 heterocycles. The van der Waals surface area contributed by atoms with Crippen molar-refractivity contribution in [1.82, 2.24) is 0 Å². The van der Waals surface area contributed by atoms with Gasteiger partial charge in [-0.3, -0.25) is 0 Å². The van der Waals surface area contributed by atoms with Crippen LogP contribution >= 0.6 is 0 Å². The minimum absolute atomic E-state index is 0.107. The summed E-state index contributed by atoms with van der Waals surface area (Å²) in [5, 5.41) is 21.3. The minimum Gasteiger partial charge on any atom is -0.478 e. The van der Waals surface area contributed by atoms with E-state index < -0.39 is 28.0 Å². The first-order chi connectivity index (χ1) is 8.37. The van der Waals surface area contributed by atoms with Gasteiger partial charge >= 0.3 is 5.97 Å². The molecule has 1 aromatic rings. The van der Waals surface area contributed by atoms with Crippen molar-refractivity contribution < 1.29 is 23.4 Å². The van der Waals surface area contributed by atoms with E-state index in [0.717, 1.165) is 0 Å². The topological polar surface area (TPSA) is 104 Å². The van der Waals surface area contributed by atoms with Crippen LogP contribution in [0.3, 0.4) is 0 Å². The number of aliphatic hydroxyl groups is 1. The molecule has 0 saturated carbocycles. The molecule has 0 radical (unpaired) electrons. The first-order valence-corrected chi connectivity index (χ1v) is 7.18. The molecule has 1 saturated heterocycles. The third kappa shape index (κ3) is 2.80. The minimum atomic E-state index is -3.22. The van der Waals surface area contributed by atoms with Crippen LogP contribution < -0.4 is 5.32 Å². The second-order valence-corrected chi connectivity index (χ2v) is 6.43. The molecule has 0 aromatic heterocycles. The van der Waals surface area contributed by atoms with Crippen LogP contribution in [0.5, 0.6) is 0 Å². The molecular weight excluding hydrogens is 258 g/mol. The van der Waals surface area contributed by atoms with Gasteiger partial charge in [0, 0.05) is 5.69 Å². The van der Waals surface area contributed by atoms with E-state index >= 15 is 0 Å². The molecule has 1 aliphatic rings. The number of nitrogens with one attached hydrogen (secondary N) is 1. The molecule has 6 nitrogen and oxygen atoms in total. The zero-order chi connectivity index (χ0) is 13.3. The van der Waals surface area contributed by atoms with Crippen molar-refractivity contribution in [1.29, 1.82) is 0 Å². The van der Waals surface area contributed by atoms with Crippen molar-refractivity contribution in [2.24, 2.45) is 0 Å². The number of carbonyl (C=O) groups is 1. The Bertz CT molecular complexity index is 569. The van der Waals surface area contributed by atoms with Crippen LogP contribution in [0.2, 0.25) is 0 Å². The largest absolute Gasteiger partial charge is 0.478 e. The Kier molecular flexibility index (Phi) is 3.27. The molecule has 0 aliphatic carbocycles. The highest BCUT2D eigenvalue weighted by atomic mass is 32.2. The van der Waals surface area contributed by atoms with Crippen LogP contribution in [0.4, 0.5) is 5.69 Å². The van der Waals surface area contributed by atoms with E-state index in [0.29, 0.717) is 5.69 Å². The Balaban J connectivity index is 2.15. The molecule has 2 atom stereocenters. The Hall–Kier alpha value is -1.60. The standard InChI is InChI=1S/C11H13NO5S/c13-10-6-18(16,17)5-9(10)12-8-3-1-2-7(4-8)11(14)15/h1-4,9-10,12-13H,5-6H2,(H,14,15)/t9-,10-/m1/s1. The molecule has 1 aliphatic heterocycles. The fourth-order valence-corrected chi connectivity index (χ4v) is 3.66. The lowest BCUT2D eigenvalue weighted by Gasteiger charge is -2.16. The number of benzene rings is 1. The smallest absolute Gasteiger partial charge is 0.335 e. The maximum Gasteiger partial charge on any atom is 0.335 e. The summed E-state index contributed by atoms with van der Waals surface area (Å²) in [6.07, 6.45) is -0.969. The summed E-state index contributed by atoms with van der Waals surface area (Å²) in [7, 11) is -3.22. The highest BCUT2D eigenvalue weighted by molar-refractivity contribution is 7.91. The molecule has 18 heavy (non-hydrogen) atoms. The van der Waals surface area contributed by atoms with Gasteiger partial charge in [-0.2, -0.15) is 0 Å². The SMILES string of the molecule is O=C(O)c1cccc(N[C@@H]2CS(=O)(=O)C[C@H]2O)c1. The van der Waals surface area contributed by atoms with E-state index in [1.54, 1.807) is 12.1 Å². The molecule has 1 fully saturated rings. The number of rotatable bonds is 3. The van der Waals surface area contributed by atoms with Gasteiger partial charge < -0.3 is 15.5 Å². The van der Waals surface area contributed by atoms with E-state index in [1.165, 1.54) is 12.1 Å². The average molecular weight is 271 g/mol. The van der Waals surface area contributed by atoms with Crippen molar-refractivity contribution in [3.8, 4) is 0 Å². The fourth-order valence-electron chi connectivity index (χ4n) is 1.92. The first-order valence-electron chi connectivity index (χ1n) is 5.36. The fraction of sp³-hybridized carbons (Fsp3) is 0.364. The van der Waals surface area contributed by atoms with Crippen molar-refractivity contribution in [2.45, 2.75) is 12.1 Å². The van der Waals surface area contributed by atoms with Crippen LogP contribution in [0.25, 0.3) is 0 Å². The van der Waals surface area contributed by atoms with Crippen LogP contribution in [-0.2, 0) is 9.84 Å². The number of aliphatic hydroxyl groups excluding tert-OH is 1. The maximum atomic E-state index is 11.3. The van der Waals surface area contributed by atoms with Gasteiger partial charge in [0.1, 0.15) is 0 Å². The zero-order valence-corrected chi connectivity index (χ0v) is 10.2. The second kappa shape index (κ2) is 4.58. The number of anilines is 1. The van der Waals surface area contributed by atoms with Crippen molar-refractivity contribution >= 4 is 21.5 Å². The Morgan fingerprint density at radius 2 is 2.06 bits per heavy atom. The molecule has 0 bridgehead atoms. The first kappa shape index (κ1) is 12.8. The molecule has 98 valence electrons. The van der Waals surface area contributed by atoms with Crippen LogP contribution in [-0.4, -0.2) is 48.3 Å². The van der Waals surface area contributed by atoms with Gasteiger partial charge in [0.05, 0.1) is 29.2 Å². The summed E-state index contributed by atoms with van der Waals surface area (Å²) < 4.78 is 22.6. The second-order valence-electron chi connectivity index (χ2n) is 4.28. The van der Waals surface area contributed by atoms with Crippen LogP contribution in [0.15, 0.2) is 24.3 Å². The van der Waals surface area contributed by atoms with E-state index in [-0.39, 0.29) is 17.1 Å². The Labute approximate surface area is 104 Å². The van der Waals surface area contributed by atoms with Gasteiger partial charge in [0.15, 0.2) is 9.84 Å². The van der Waals surface area contributed by atoms with Gasteiger partial charge in [-0.25, -0.2) is 13.2 Å². The van der Waals surface area contributed by atoms with Crippen molar-refractivity contribution in [3.05, 3.63) is 29.8 Å². The number of aromatic carboxylic acids is 1. The summed E-state index contributed by atoms with van der Waals surface area (Å²) in [5.74, 6) is -1.47. The lowest BCUT2D eigenvalue weighted by atomic mass is 10.1. The maximum absolute atomic E-state index is 11.3. The predicted octanol–water partition coefficient (Wildman–Crippen LogP) is -0.0454. The number of carboxylic acids is 1. The highest BCUT2D eigenvalue weighted by Gasteiger charge is 2.36. The van der Waals surface area contributed by atoms with Crippen LogP contribution in [0.1, 0.15) is 10.4 Å². The van der Waals surface area contributed by atoms with Gasteiger partial charge in [-0.1, -0.05) is 6.07 Å². The van der Waals surface area contributed by atoms with E-state index in [1.807, 2.05) is 0 Å². The van der Waals surface area contributed by atoms with Crippen LogP contribution in [0, 0.1) is 0 Å². The quantitative estimate of drug-likeness (QED) is 0.712. The summed E-state index contributed by atoms with van der Waals surface area (Å²) in [6, 6.07) is 5.43. The zero-order valence-electron chi connectivity index (χ0n) is 9.41. The number of sulfone groups is 1. The van der Waals surface area contributed by atoms with E-state index in [9.17, 15) is 18.3 Å². The monoisotopic (exact) mass is 271 g/mol. The third-order valence-electron chi connectivity index (χ3n) is 2.78. The lowest BCUT2D eigenvalue weighted by molar-refractivity contribution is 0.0697. The number of hydrogen-bond acceptors (Lipinski definition) is 5. The number of hydrogen-bond donors (Lipinski definition) is 3. The summed E-state index contributed by atoms with van der Waals surface area (Å²) in [4.78, 5) is 10.8. The molecule has 0 spiro atoms. The summed E-state index contributed by atoms with van der Waals surface area (Å²) in [5.41, 5.74) is 0.589. The van der Waals surface area contributed by atoms with E-state index in [4.69, 9.17) is 5.11 Å². The average Bonchev–Trinajstić information content (AvgIpc) is 2.52. The molecule has 0 amide bonds. The summed E-state index contributed by atoms with van der Waals surface area (Å²) in [6.45, 7) is 0. The lowest BCUT2D eigenvalue weighted by Crippen LogP contribution is -2.31. The molecule has 1 aromatic carbocycles. The normalized spacial score (nSPS) is 25.8. The molecule has 3 N–H and O–H groups in total. The predicted molar refractivity (Wildman–Crippen MR) is 65.5 cm³/mol. The van der Waals surface area contributed by atoms with Gasteiger partial charge in [-0.15, -0.1) is 0 Å². The van der Waals surface area contributed by atoms with Gasteiger partial charge in [-0.05, 0) is 18.2 Å². The summed E-state index contributed by atoms with van der Waals surface area (Å²) >= 11 is 0. The number of carboxylic acid groups (broad SMARTS) is 1. The Morgan fingerprint density at radius 3 is 2.61 bits per heavy atom. The van der Waals surface area contributed by atoms with Crippen molar-refractivity contribution in [3.63, 3.8) is 0 Å². The third-order valence-corrected chi connectivity index (χ3v) is 4.50. The molecular formula is C11H13NO5S. The van der Waals surface area contributed by atoms with E-state index in [2.05, 4.69) is 5.32 Å². The van der Waals surface area contributed by atoms with Gasteiger partial charge in [0.2, 0.25) is 0 Å². The molecule has 2 rings (SSSR count). The molecule has 0 unspecified atom stereocenters. The molecule has 7 heteroatoms. The van der Waals surface area contributed by atoms with Gasteiger partial charge in [0.25, 0.3) is 0 Å².